The van der Waals surface area contributed by atoms with E-state index in [9.17, 15) is 0 Å². The first-order valence-corrected chi connectivity index (χ1v) is 9.23. The lowest BCUT2D eigenvalue weighted by Gasteiger charge is -2.13. The molecule has 0 aliphatic carbocycles. The summed E-state index contributed by atoms with van der Waals surface area (Å²) >= 11 is 6.21. The van der Waals surface area contributed by atoms with Gasteiger partial charge >= 0.3 is 0 Å². The number of aliphatic imine (C=N–C) groups is 1. The van der Waals surface area contributed by atoms with Gasteiger partial charge in [-0.1, -0.05) is 36.7 Å². The Morgan fingerprint density at radius 1 is 1.27 bits per heavy atom. The maximum atomic E-state index is 6.21. The molecule has 0 amide bonds. The number of aromatic nitrogens is 3. The third kappa shape index (κ3) is 6.65. The van der Waals surface area contributed by atoms with E-state index in [2.05, 4.69) is 32.7 Å². The van der Waals surface area contributed by atoms with Crippen LogP contribution in [0.2, 0.25) is 5.02 Å². The lowest BCUT2D eigenvalue weighted by atomic mass is 10.2. The summed E-state index contributed by atoms with van der Waals surface area (Å²) in [5, 5.41) is 15.5. The zero-order valence-electron chi connectivity index (χ0n) is 15.4. The largest absolute Gasteiger partial charge is 0.385 e. The summed E-state index contributed by atoms with van der Waals surface area (Å²) < 4.78 is 7.13. The van der Waals surface area contributed by atoms with Crippen LogP contribution < -0.4 is 10.6 Å². The van der Waals surface area contributed by atoms with Crippen LogP contribution in [0.15, 0.2) is 35.6 Å². The van der Waals surface area contributed by atoms with Crippen LogP contribution in [0.5, 0.6) is 0 Å². The fourth-order valence-electron chi connectivity index (χ4n) is 2.42. The predicted octanol–water partition coefficient (Wildman–Crippen LogP) is 2.27. The van der Waals surface area contributed by atoms with E-state index in [4.69, 9.17) is 16.3 Å². The predicted molar refractivity (Wildman–Crippen MR) is 104 cm³/mol. The van der Waals surface area contributed by atoms with E-state index < -0.39 is 0 Å². The molecule has 26 heavy (non-hydrogen) atoms. The van der Waals surface area contributed by atoms with E-state index in [0.717, 1.165) is 54.8 Å². The quantitative estimate of drug-likeness (QED) is 0.377. The highest BCUT2D eigenvalue weighted by molar-refractivity contribution is 6.31. The van der Waals surface area contributed by atoms with Gasteiger partial charge in [-0.25, -0.2) is 4.99 Å². The van der Waals surface area contributed by atoms with Crippen molar-refractivity contribution in [2.24, 2.45) is 4.99 Å². The Balaban J connectivity index is 1.91. The number of halogens is 1. The van der Waals surface area contributed by atoms with E-state index >= 15 is 0 Å². The molecule has 2 N–H and O–H groups in total. The minimum atomic E-state index is 0.520. The Morgan fingerprint density at radius 3 is 2.85 bits per heavy atom. The molecule has 0 atom stereocenters. The second-order valence-corrected chi connectivity index (χ2v) is 6.16. The summed E-state index contributed by atoms with van der Waals surface area (Å²) in [6.07, 6.45) is 3.53. The van der Waals surface area contributed by atoms with Gasteiger partial charge in [-0.05, 0) is 18.1 Å². The smallest absolute Gasteiger partial charge is 0.191 e. The van der Waals surface area contributed by atoms with Crippen LogP contribution in [0.25, 0.3) is 0 Å². The highest BCUT2D eigenvalue weighted by atomic mass is 35.5. The highest BCUT2D eigenvalue weighted by Gasteiger charge is 2.04. The molecule has 7 nitrogen and oxygen atoms in total. The van der Waals surface area contributed by atoms with Crippen LogP contribution in [-0.4, -0.2) is 47.5 Å². The average molecular weight is 379 g/mol. The molecule has 0 bridgehead atoms. The SMILES string of the molecule is CCc1nncn1CCNC(=NCc1ccccc1Cl)NCCCOC. The van der Waals surface area contributed by atoms with Crippen molar-refractivity contribution >= 4 is 17.6 Å². The van der Waals surface area contributed by atoms with Crippen molar-refractivity contribution in [1.82, 2.24) is 25.4 Å². The van der Waals surface area contributed by atoms with Gasteiger partial charge in [0.15, 0.2) is 5.96 Å². The zero-order chi connectivity index (χ0) is 18.6. The van der Waals surface area contributed by atoms with Crippen molar-refractivity contribution in [3.8, 4) is 0 Å². The number of methoxy groups -OCH3 is 1. The molecule has 2 aromatic rings. The third-order valence-corrected chi connectivity index (χ3v) is 4.21. The van der Waals surface area contributed by atoms with Crippen LogP contribution in [0, 0.1) is 0 Å². The number of hydrogen-bond donors (Lipinski definition) is 2. The first kappa shape index (κ1) is 20.2. The molecular formula is C18H27ClN6O. The standard InChI is InChI=1S/C18H27ClN6O/c1-3-17-24-23-14-25(17)11-10-21-18(20-9-6-12-26-2)22-13-15-7-4-5-8-16(15)19/h4-5,7-8,14H,3,6,9-13H2,1-2H3,(H2,20,21,22). The van der Waals surface area contributed by atoms with E-state index in [1.165, 1.54) is 0 Å². The van der Waals surface area contributed by atoms with Gasteiger partial charge < -0.3 is 19.9 Å². The molecular weight excluding hydrogens is 352 g/mol. The molecule has 0 fully saturated rings. The Bertz CT molecular complexity index is 688. The first-order chi connectivity index (χ1) is 12.7. The molecule has 0 saturated heterocycles. The normalized spacial score (nSPS) is 11.6. The lowest BCUT2D eigenvalue weighted by molar-refractivity contribution is 0.195. The molecule has 8 heteroatoms. The molecule has 1 aromatic heterocycles. The first-order valence-electron chi connectivity index (χ1n) is 8.85. The van der Waals surface area contributed by atoms with Gasteiger partial charge in [0.1, 0.15) is 12.2 Å². The Kier molecular flexibility index (Phi) is 8.92. The van der Waals surface area contributed by atoms with Gasteiger partial charge in [0, 0.05) is 44.8 Å². The van der Waals surface area contributed by atoms with Gasteiger partial charge in [0.05, 0.1) is 6.54 Å². The van der Waals surface area contributed by atoms with Crippen LogP contribution >= 0.6 is 11.6 Å². The number of aryl methyl sites for hydroxylation is 1. The van der Waals surface area contributed by atoms with E-state index in [1.807, 2.05) is 28.8 Å². The molecule has 142 valence electrons. The van der Waals surface area contributed by atoms with Crippen molar-refractivity contribution in [2.75, 3.05) is 26.8 Å². The molecule has 0 spiro atoms. The van der Waals surface area contributed by atoms with Crippen molar-refractivity contribution in [2.45, 2.75) is 32.9 Å². The second kappa shape index (κ2) is 11.5. The number of nitrogens with one attached hydrogen (secondary N) is 2. The number of benzene rings is 1. The number of nitrogens with zero attached hydrogens (tertiary/aromatic N) is 4. The van der Waals surface area contributed by atoms with Gasteiger partial charge in [-0.3, -0.25) is 0 Å². The third-order valence-electron chi connectivity index (χ3n) is 3.84. The number of hydrogen-bond acceptors (Lipinski definition) is 4. The maximum Gasteiger partial charge on any atom is 0.191 e. The number of ether oxygens (including phenoxy) is 1. The van der Waals surface area contributed by atoms with E-state index in [1.54, 1.807) is 13.4 Å². The molecule has 0 aliphatic heterocycles. The molecule has 1 heterocycles. The topological polar surface area (TPSA) is 76.4 Å². The summed E-state index contributed by atoms with van der Waals surface area (Å²) in [7, 11) is 1.70. The average Bonchev–Trinajstić information content (AvgIpc) is 3.11. The van der Waals surface area contributed by atoms with Gasteiger partial charge in [-0.2, -0.15) is 0 Å². The summed E-state index contributed by atoms with van der Waals surface area (Å²) in [5.74, 6) is 1.74. The minimum Gasteiger partial charge on any atom is -0.385 e. The maximum absolute atomic E-state index is 6.21. The Morgan fingerprint density at radius 2 is 2.08 bits per heavy atom. The number of guanidine groups is 1. The second-order valence-electron chi connectivity index (χ2n) is 5.75. The molecule has 0 unspecified atom stereocenters. The van der Waals surface area contributed by atoms with Crippen molar-refractivity contribution < 1.29 is 4.74 Å². The van der Waals surface area contributed by atoms with Gasteiger partial charge in [0.2, 0.25) is 0 Å². The minimum absolute atomic E-state index is 0.520. The van der Waals surface area contributed by atoms with Crippen LogP contribution in [0.4, 0.5) is 0 Å². The van der Waals surface area contributed by atoms with Crippen molar-refractivity contribution in [3.05, 3.63) is 47.0 Å². The summed E-state index contributed by atoms with van der Waals surface area (Å²) in [6.45, 7) is 5.60. The summed E-state index contributed by atoms with van der Waals surface area (Å²) in [4.78, 5) is 4.64. The Hall–Kier alpha value is -2.12. The molecule has 0 aliphatic rings. The zero-order valence-corrected chi connectivity index (χ0v) is 16.2. The van der Waals surface area contributed by atoms with Crippen LogP contribution in [0.3, 0.4) is 0 Å². The van der Waals surface area contributed by atoms with Crippen LogP contribution in [0.1, 0.15) is 24.7 Å². The van der Waals surface area contributed by atoms with Crippen LogP contribution in [-0.2, 0) is 24.2 Å². The molecule has 1 aromatic carbocycles. The highest BCUT2D eigenvalue weighted by Crippen LogP contribution is 2.15. The van der Waals surface area contributed by atoms with Gasteiger partial charge in [-0.15, -0.1) is 10.2 Å². The fourth-order valence-corrected chi connectivity index (χ4v) is 2.62. The van der Waals surface area contributed by atoms with E-state index in [-0.39, 0.29) is 0 Å². The Labute approximate surface area is 159 Å². The van der Waals surface area contributed by atoms with E-state index in [0.29, 0.717) is 13.2 Å². The molecule has 0 saturated carbocycles. The lowest BCUT2D eigenvalue weighted by Crippen LogP contribution is -2.39. The molecule has 0 radical (unpaired) electrons. The number of rotatable bonds is 10. The summed E-state index contributed by atoms with van der Waals surface area (Å²) in [5.41, 5.74) is 0.999. The molecule has 2 rings (SSSR count). The monoisotopic (exact) mass is 378 g/mol. The van der Waals surface area contributed by atoms with Crippen molar-refractivity contribution in [3.63, 3.8) is 0 Å². The fraction of sp³-hybridized carbons (Fsp3) is 0.500. The summed E-state index contributed by atoms with van der Waals surface area (Å²) in [6, 6.07) is 7.75. The van der Waals surface area contributed by atoms with Gasteiger partial charge in [0.25, 0.3) is 0 Å². The van der Waals surface area contributed by atoms with Crippen molar-refractivity contribution in [1.29, 1.82) is 0 Å².